The van der Waals surface area contributed by atoms with E-state index in [-0.39, 0.29) is 11.7 Å². The second-order valence-electron chi connectivity index (χ2n) is 6.07. The maximum absolute atomic E-state index is 12.3. The van der Waals surface area contributed by atoms with Gasteiger partial charge >= 0.3 is 0 Å². The molecule has 1 N–H and O–H groups in total. The van der Waals surface area contributed by atoms with Crippen LogP contribution in [0.15, 0.2) is 47.9 Å². The van der Waals surface area contributed by atoms with Gasteiger partial charge in [0.15, 0.2) is 5.16 Å². The molecule has 1 heterocycles. The number of rotatable bonds is 5. The van der Waals surface area contributed by atoms with Crippen LogP contribution in [0, 0.1) is 20.8 Å². The lowest BCUT2D eigenvalue weighted by Crippen LogP contribution is -2.15. The lowest BCUT2D eigenvalue weighted by molar-refractivity contribution is -0.113. The number of hydrogen-bond donors (Lipinski definition) is 1. The van der Waals surface area contributed by atoms with Gasteiger partial charge in [-0.2, -0.15) is 0 Å². The van der Waals surface area contributed by atoms with Crippen molar-refractivity contribution >= 4 is 35.0 Å². The summed E-state index contributed by atoms with van der Waals surface area (Å²) in [5, 5.41) is 12.4. The van der Waals surface area contributed by atoms with Crippen molar-refractivity contribution in [2.45, 2.75) is 25.9 Å². The molecule has 0 aliphatic heterocycles. The molecule has 0 saturated heterocycles. The number of anilines is 1. The van der Waals surface area contributed by atoms with Gasteiger partial charge in [0.1, 0.15) is 6.33 Å². The van der Waals surface area contributed by atoms with Gasteiger partial charge in [0.2, 0.25) is 5.91 Å². The molecule has 1 amide bonds. The zero-order valence-corrected chi connectivity index (χ0v) is 16.4. The number of carbonyl (C=O) groups is 1. The Hall–Kier alpha value is -2.31. The predicted octanol–water partition coefficient (Wildman–Crippen LogP) is 4.58. The number of nitrogens with zero attached hydrogens (tertiary/aromatic N) is 3. The number of thioether (sulfide) groups is 1. The molecule has 0 spiro atoms. The third kappa shape index (κ3) is 4.26. The van der Waals surface area contributed by atoms with Gasteiger partial charge in [-0.25, -0.2) is 0 Å². The predicted molar refractivity (Wildman–Crippen MR) is 106 cm³/mol. The van der Waals surface area contributed by atoms with Crippen molar-refractivity contribution in [3.05, 3.63) is 64.4 Å². The Bertz CT molecular complexity index is 954. The molecule has 134 valence electrons. The van der Waals surface area contributed by atoms with Crippen molar-refractivity contribution in [2.24, 2.45) is 0 Å². The van der Waals surface area contributed by atoms with Crippen LogP contribution in [0.4, 0.5) is 5.69 Å². The first kappa shape index (κ1) is 18.5. The molecule has 1 aromatic heterocycles. The minimum absolute atomic E-state index is 0.101. The fraction of sp³-hybridized carbons (Fsp3) is 0.211. The molecule has 0 unspecified atom stereocenters. The molecule has 0 aliphatic carbocycles. The number of aryl methyl sites for hydroxylation is 3. The van der Waals surface area contributed by atoms with Crippen molar-refractivity contribution in [1.29, 1.82) is 0 Å². The first-order valence-electron chi connectivity index (χ1n) is 8.10. The van der Waals surface area contributed by atoms with Crippen molar-refractivity contribution in [3.8, 4) is 5.69 Å². The van der Waals surface area contributed by atoms with E-state index in [1.807, 2.05) is 36.6 Å². The van der Waals surface area contributed by atoms with Gasteiger partial charge in [0, 0.05) is 10.7 Å². The summed E-state index contributed by atoms with van der Waals surface area (Å²) in [6.07, 6.45) is 1.67. The Morgan fingerprint density at radius 3 is 2.69 bits per heavy atom. The average molecular weight is 387 g/mol. The molecule has 0 bridgehead atoms. The number of aromatic nitrogens is 3. The van der Waals surface area contributed by atoms with Crippen LogP contribution in [0.5, 0.6) is 0 Å². The Morgan fingerprint density at radius 2 is 1.96 bits per heavy atom. The highest BCUT2D eigenvalue weighted by Gasteiger charge is 2.12. The Kier molecular flexibility index (Phi) is 5.64. The summed E-state index contributed by atoms with van der Waals surface area (Å²) in [6.45, 7) is 6.01. The molecule has 0 aliphatic rings. The van der Waals surface area contributed by atoms with Crippen LogP contribution in [-0.4, -0.2) is 26.4 Å². The third-order valence-electron chi connectivity index (χ3n) is 3.92. The number of benzene rings is 2. The van der Waals surface area contributed by atoms with Crippen molar-refractivity contribution in [3.63, 3.8) is 0 Å². The normalized spacial score (nSPS) is 10.8. The summed E-state index contributed by atoms with van der Waals surface area (Å²) >= 11 is 7.29. The van der Waals surface area contributed by atoms with E-state index in [4.69, 9.17) is 11.6 Å². The van der Waals surface area contributed by atoms with E-state index in [1.54, 1.807) is 18.5 Å². The molecule has 5 nitrogen and oxygen atoms in total. The molecule has 3 aromatic rings. The van der Waals surface area contributed by atoms with Crippen molar-refractivity contribution in [2.75, 3.05) is 11.1 Å². The van der Waals surface area contributed by atoms with Crippen LogP contribution >= 0.6 is 23.4 Å². The maximum Gasteiger partial charge on any atom is 0.234 e. The van der Waals surface area contributed by atoms with E-state index in [9.17, 15) is 4.79 Å². The van der Waals surface area contributed by atoms with Gasteiger partial charge in [-0.3, -0.25) is 9.36 Å². The molecule has 26 heavy (non-hydrogen) atoms. The summed E-state index contributed by atoms with van der Waals surface area (Å²) < 4.78 is 1.90. The van der Waals surface area contributed by atoms with Crippen LogP contribution < -0.4 is 5.32 Å². The van der Waals surface area contributed by atoms with Gasteiger partial charge < -0.3 is 5.32 Å². The second-order valence-corrected chi connectivity index (χ2v) is 7.45. The monoisotopic (exact) mass is 386 g/mol. The van der Waals surface area contributed by atoms with Gasteiger partial charge in [-0.15, -0.1) is 10.2 Å². The molecule has 0 atom stereocenters. The van der Waals surface area contributed by atoms with Gasteiger partial charge in [-0.05, 0) is 56.2 Å². The number of carbonyl (C=O) groups excluding carboxylic acids is 1. The average Bonchev–Trinajstić information content (AvgIpc) is 3.04. The van der Waals surface area contributed by atoms with Crippen LogP contribution in [0.3, 0.4) is 0 Å². The van der Waals surface area contributed by atoms with Gasteiger partial charge in [0.25, 0.3) is 0 Å². The summed E-state index contributed by atoms with van der Waals surface area (Å²) in [6, 6.07) is 11.6. The van der Waals surface area contributed by atoms with Crippen molar-refractivity contribution < 1.29 is 4.79 Å². The zero-order valence-electron chi connectivity index (χ0n) is 14.8. The summed E-state index contributed by atoms with van der Waals surface area (Å²) in [4.78, 5) is 12.3. The molecular weight excluding hydrogens is 368 g/mol. The van der Waals surface area contributed by atoms with Crippen LogP contribution in [0.2, 0.25) is 5.02 Å². The molecule has 0 saturated carbocycles. The van der Waals surface area contributed by atoms with Crippen LogP contribution in [0.25, 0.3) is 5.69 Å². The largest absolute Gasteiger partial charge is 0.325 e. The minimum atomic E-state index is -0.101. The fourth-order valence-electron chi connectivity index (χ4n) is 2.65. The standard InChI is InChI=1S/C19H19ClN4OS/c1-12-4-7-17(14(3)8-12)24-11-21-23-19(24)26-10-18(25)22-16-6-5-15(20)9-13(16)2/h4-9,11H,10H2,1-3H3,(H,22,25). The molecule has 3 rings (SSSR count). The topological polar surface area (TPSA) is 59.8 Å². The van der Waals surface area contributed by atoms with E-state index < -0.39 is 0 Å². The zero-order chi connectivity index (χ0) is 18.7. The van der Waals surface area contributed by atoms with E-state index in [1.165, 1.54) is 17.3 Å². The minimum Gasteiger partial charge on any atom is -0.325 e. The molecule has 7 heteroatoms. The van der Waals surface area contributed by atoms with E-state index in [2.05, 4.69) is 28.5 Å². The highest BCUT2D eigenvalue weighted by atomic mass is 35.5. The first-order valence-corrected chi connectivity index (χ1v) is 9.47. The molecule has 0 radical (unpaired) electrons. The highest BCUT2D eigenvalue weighted by molar-refractivity contribution is 7.99. The highest BCUT2D eigenvalue weighted by Crippen LogP contribution is 2.24. The smallest absolute Gasteiger partial charge is 0.234 e. The Balaban J connectivity index is 1.69. The number of hydrogen-bond acceptors (Lipinski definition) is 4. The van der Waals surface area contributed by atoms with Crippen LogP contribution in [-0.2, 0) is 4.79 Å². The van der Waals surface area contributed by atoms with E-state index >= 15 is 0 Å². The number of amides is 1. The van der Waals surface area contributed by atoms with Crippen molar-refractivity contribution in [1.82, 2.24) is 14.8 Å². The molecule has 0 fully saturated rings. The lowest BCUT2D eigenvalue weighted by Gasteiger charge is -2.11. The van der Waals surface area contributed by atoms with Gasteiger partial charge in [-0.1, -0.05) is 41.1 Å². The van der Waals surface area contributed by atoms with Crippen LogP contribution in [0.1, 0.15) is 16.7 Å². The lowest BCUT2D eigenvalue weighted by atomic mass is 10.1. The molecular formula is C19H19ClN4OS. The summed E-state index contributed by atoms with van der Waals surface area (Å²) in [5.41, 5.74) is 5.03. The number of halogens is 1. The summed E-state index contributed by atoms with van der Waals surface area (Å²) in [5.74, 6) is 0.140. The van der Waals surface area contributed by atoms with Gasteiger partial charge in [0.05, 0.1) is 11.4 Å². The SMILES string of the molecule is Cc1ccc(-n2cnnc2SCC(=O)Nc2ccc(Cl)cc2C)c(C)c1. The Morgan fingerprint density at radius 1 is 1.15 bits per heavy atom. The van der Waals surface area contributed by atoms with E-state index in [0.29, 0.717) is 10.2 Å². The summed E-state index contributed by atoms with van der Waals surface area (Å²) in [7, 11) is 0. The van der Waals surface area contributed by atoms with E-state index in [0.717, 1.165) is 22.5 Å². The second kappa shape index (κ2) is 7.93. The fourth-order valence-corrected chi connectivity index (χ4v) is 3.60. The first-order chi connectivity index (χ1) is 12.4. The Labute approximate surface area is 161 Å². The quantitative estimate of drug-likeness (QED) is 0.652. The third-order valence-corrected chi connectivity index (χ3v) is 5.10. The maximum atomic E-state index is 12.3. The number of nitrogens with one attached hydrogen (secondary N) is 1. The molecule has 2 aromatic carbocycles.